The molecule has 6 heteroatoms. The Balaban J connectivity index is 2.68. The highest BCUT2D eigenvalue weighted by molar-refractivity contribution is 5.97. The van der Waals surface area contributed by atoms with Gasteiger partial charge in [0.05, 0.1) is 6.61 Å². The molecular weight excluding hydrogens is 270 g/mol. The molecule has 0 bridgehead atoms. The third-order valence-electron chi connectivity index (χ3n) is 2.94. The van der Waals surface area contributed by atoms with Crippen LogP contribution in [0.2, 0.25) is 0 Å². The van der Waals surface area contributed by atoms with Gasteiger partial charge in [0, 0.05) is 30.9 Å². The summed E-state index contributed by atoms with van der Waals surface area (Å²) in [5.74, 6) is -0.314. The quantitative estimate of drug-likeness (QED) is 0.702. The van der Waals surface area contributed by atoms with Crippen molar-refractivity contribution in [1.82, 2.24) is 4.90 Å². The number of amides is 2. The van der Waals surface area contributed by atoms with Crippen LogP contribution in [0.4, 0.5) is 5.69 Å². The normalized spacial score (nSPS) is 10.2. The Bertz CT molecular complexity index is 473. The van der Waals surface area contributed by atoms with Crippen LogP contribution >= 0.6 is 0 Å². The van der Waals surface area contributed by atoms with Crippen LogP contribution < -0.4 is 11.1 Å². The molecule has 21 heavy (non-hydrogen) atoms. The minimum absolute atomic E-state index is 0.0459. The summed E-state index contributed by atoms with van der Waals surface area (Å²) in [6.45, 7) is 5.84. The van der Waals surface area contributed by atoms with Gasteiger partial charge in [0.15, 0.2) is 0 Å². The van der Waals surface area contributed by atoms with Crippen molar-refractivity contribution in [3.8, 4) is 0 Å². The summed E-state index contributed by atoms with van der Waals surface area (Å²) in [6.07, 6.45) is 0. The van der Waals surface area contributed by atoms with Crippen molar-refractivity contribution in [2.45, 2.75) is 13.8 Å². The lowest BCUT2D eigenvalue weighted by Gasteiger charge is -2.19. The first-order valence-corrected chi connectivity index (χ1v) is 7.09. The van der Waals surface area contributed by atoms with Crippen LogP contribution in [0.5, 0.6) is 0 Å². The average molecular weight is 293 g/mol. The van der Waals surface area contributed by atoms with Crippen molar-refractivity contribution in [2.75, 3.05) is 38.2 Å². The molecule has 0 saturated carbocycles. The lowest BCUT2D eigenvalue weighted by molar-refractivity contribution is -0.120. The second-order valence-electron chi connectivity index (χ2n) is 4.45. The van der Waals surface area contributed by atoms with E-state index in [2.05, 4.69) is 5.32 Å². The smallest absolute Gasteiger partial charge is 0.253 e. The number of anilines is 1. The molecule has 0 heterocycles. The fourth-order valence-electron chi connectivity index (χ4n) is 1.87. The van der Waals surface area contributed by atoms with Crippen LogP contribution in [0.1, 0.15) is 24.2 Å². The van der Waals surface area contributed by atoms with E-state index >= 15 is 0 Å². The molecule has 0 aliphatic carbocycles. The first-order chi connectivity index (χ1) is 10.1. The Morgan fingerprint density at radius 3 is 2.62 bits per heavy atom. The number of hydrogen-bond acceptors (Lipinski definition) is 4. The zero-order valence-corrected chi connectivity index (χ0v) is 12.6. The second kappa shape index (κ2) is 9.10. The van der Waals surface area contributed by atoms with E-state index in [1.165, 1.54) is 0 Å². The van der Waals surface area contributed by atoms with E-state index in [1.807, 2.05) is 13.8 Å². The zero-order valence-electron chi connectivity index (χ0n) is 12.6. The summed E-state index contributed by atoms with van der Waals surface area (Å²) in [4.78, 5) is 25.6. The predicted molar refractivity (Wildman–Crippen MR) is 82.2 cm³/mol. The van der Waals surface area contributed by atoms with Crippen molar-refractivity contribution in [3.05, 3.63) is 29.8 Å². The van der Waals surface area contributed by atoms with Crippen LogP contribution in [-0.2, 0) is 9.53 Å². The van der Waals surface area contributed by atoms with Crippen LogP contribution in [0, 0.1) is 0 Å². The lowest BCUT2D eigenvalue weighted by Crippen LogP contribution is -2.30. The number of nitrogens with one attached hydrogen (secondary N) is 1. The first-order valence-electron chi connectivity index (χ1n) is 7.09. The Morgan fingerprint density at radius 2 is 2.00 bits per heavy atom. The number of rotatable bonds is 8. The molecular formula is C15H23N3O3. The highest BCUT2D eigenvalue weighted by Crippen LogP contribution is 2.13. The van der Waals surface area contributed by atoms with E-state index < -0.39 is 0 Å². The Labute approximate surface area is 125 Å². The van der Waals surface area contributed by atoms with Crippen LogP contribution in [-0.4, -0.2) is 49.6 Å². The predicted octanol–water partition coefficient (Wildman–Crippen LogP) is 1.08. The van der Waals surface area contributed by atoms with E-state index in [0.29, 0.717) is 37.5 Å². The van der Waals surface area contributed by atoms with Crippen LogP contribution in [0.25, 0.3) is 0 Å². The van der Waals surface area contributed by atoms with Crippen molar-refractivity contribution in [1.29, 1.82) is 0 Å². The SMILES string of the molecule is CCN(CC)C(=O)c1cccc(NC(=O)COCCN)c1. The lowest BCUT2D eigenvalue weighted by atomic mass is 10.1. The molecule has 0 unspecified atom stereocenters. The molecule has 2 amide bonds. The summed E-state index contributed by atoms with van der Waals surface area (Å²) in [7, 11) is 0. The number of carbonyl (C=O) groups is 2. The van der Waals surface area contributed by atoms with Crippen molar-refractivity contribution < 1.29 is 14.3 Å². The molecule has 0 saturated heterocycles. The van der Waals surface area contributed by atoms with Gasteiger partial charge in [-0.3, -0.25) is 9.59 Å². The number of carbonyl (C=O) groups excluding carboxylic acids is 2. The summed E-state index contributed by atoms with van der Waals surface area (Å²) >= 11 is 0. The molecule has 1 aromatic rings. The molecule has 0 fully saturated rings. The largest absolute Gasteiger partial charge is 0.370 e. The van der Waals surface area contributed by atoms with Gasteiger partial charge < -0.3 is 20.7 Å². The summed E-state index contributed by atoms with van der Waals surface area (Å²) in [5.41, 5.74) is 6.41. The molecule has 0 radical (unpaired) electrons. The molecule has 0 aliphatic heterocycles. The fraction of sp³-hybridized carbons (Fsp3) is 0.467. The molecule has 1 rings (SSSR count). The second-order valence-corrected chi connectivity index (χ2v) is 4.45. The molecule has 116 valence electrons. The first kappa shape index (κ1) is 17.1. The van der Waals surface area contributed by atoms with Crippen LogP contribution in [0.15, 0.2) is 24.3 Å². The molecule has 0 aromatic heterocycles. The van der Waals surface area contributed by atoms with Gasteiger partial charge in [0.1, 0.15) is 6.61 Å². The van der Waals surface area contributed by atoms with E-state index in [1.54, 1.807) is 29.2 Å². The Hall–Kier alpha value is -1.92. The highest BCUT2D eigenvalue weighted by atomic mass is 16.5. The maximum atomic E-state index is 12.2. The van der Waals surface area contributed by atoms with E-state index in [-0.39, 0.29) is 18.4 Å². The molecule has 0 atom stereocenters. The van der Waals surface area contributed by atoms with E-state index in [4.69, 9.17) is 10.5 Å². The minimum atomic E-state index is -0.268. The van der Waals surface area contributed by atoms with Crippen molar-refractivity contribution in [2.24, 2.45) is 5.73 Å². The molecule has 0 spiro atoms. The third kappa shape index (κ3) is 5.53. The zero-order chi connectivity index (χ0) is 15.7. The number of nitrogens with zero attached hydrogens (tertiary/aromatic N) is 1. The molecule has 3 N–H and O–H groups in total. The maximum absolute atomic E-state index is 12.2. The number of ether oxygens (including phenoxy) is 1. The van der Waals surface area contributed by atoms with Crippen molar-refractivity contribution >= 4 is 17.5 Å². The average Bonchev–Trinajstić information content (AvgIpc) is 2.49. The van der Waals surface area contributed by atoms with Gasteiger partial charge in [0.25, 0.3) is 5.91 Å². The minimum Gasteiger partial charge on any atom is -0.370 e. The number of benzene rings is 1. The Morgan fingerprint density at radius 1 is 1.29 bits per heavy atom. The number of hydrogen-bond donors (Lipinski definition) is 2. The van der Waals surface area contributed by atoms with Gasteiger partial charge in [-0.1, -0.05) is 6.07 Å². The van der Waals surface area contributed by atoms with Gasteiger partial charge >= 0.3 is 0 Å². The highest BCUT2D eigenvalue weighted by Gasteiger charge is 2.13. The van der Waals surface area contributed by atoms with Gasteiger partial charge in [-0.25, -0.2) is 0 Å². The van der Waals surface area contributed by atoms with Gasteiger partial charge in [-0.2, -0.15) is 0 Å². The maximum Gasteiger partial charge on any atom is 0.253 e. The van der Waals surface area contributed by atoms with E-state index in [0.717, 1.165) is 0 Å². The van der Waals surface area contributed by atoms with Gasteiger partial charge in [-0.15, -0.1) is 0 Å². The van der Waals surface area contributed by atoms with E-state index in [9.17, 15) is 9.59 Å². The number of nitrogens with two attached hydrogens (primary N) is 1. The van der Waals surface area contributed by atoms with Gasteiger partial charge in [0.2, 0.25) is 5.91 Å². The van der Waals surface area contributed by atoms with Gasteiger partial charge in [-0.05, 0) is 32.0 Å². The standard InChI is InChI=1S/C15H23N3O3/c1-3-18(4-2)15(20)12-6-5-7-13(10-12)17-14(19)11-21-9-8-16/h5-7,10H,3-4,8-9,11,16H2,1-2H3,(H,17,19). The molecule has 0 aliphatic rings. The summed E-state index contributed by atoms with van der Waals surface area (Å²) in [6, 6.07) is 6.88. The monoisotopic (exact) mass is 293 g/mol. The molecule has 1 aromatic carbocycles. The van der Waals surface area contributed by atoms with Crippen LogP contribution in [0.3, 0.4) is 0 Å². The third-order valence-corrected chi connectivity index (χ3v) is 2.94. The summed E-state index contributed by atoms with van der Waals surface area (Å²) in [5, 5.41) is 2.70. The Kier molecular flexibility index (Phi) is 7.42. The fourth-order valence-corrected chi connectivity index (χ4v) is 1.87. The topological polar surface area (TPSA) is 84.7 Å². The van der Waals surface area contributed by atoms with Crippen molar-refractivity contribution in [3.63, 3.8) is 0 Å². The summed E-state index contributed by atoms with van der Waals surface area (Å²) < 4.78 is 5.06. The molecule has 6 nitrogen and oxygen atoms in total.